The van der Waals surface area contributed by atoms with E-state index in [-0.39, 0.29) is 45.4 Å². The largest absolute Gasteiger partial charge is 0.504 e. The van der Waals surface area contributed by atoms with E-state index in [2.05, 4.69) is 0 Å². The number of phenolic OH excluding ortho intramolecular Hbond substituents is 1. The third kappa shape index (κ3) is 4.23. The predicted octanol–water partition coefficient (Wildman–Crippen LogP) is 0.984. The summed E-state index contributed by atoms with van der Waals surface area (Å²) < 4.78 is 37.9. The molecule has 0 radical (unpaired) electrons. The normalized spacial score (nSPS) is 24.6. The van der Waals surface area contributed by atoms with Gasteiger partial charge in [-0.1, -0.05) is 0 Å². The van der Waals surface area contributed by atoms with Crippen molar-refractivity contribution >= 4 is 11.9 Å². The Hall–Kier alpha value is -3.74. The monoisotopic (exact) mass is 506 g/mol. The molecule has 0 aliphatic carbocycles. The Bertz CT molecular complexity index is 1160. The maximum Gasteiger partial charge on any atom is 0.339 e. The van der Waals surface area contributed by atoms with Crippen molar-refractivity contribution in [1.29, 1.82) is 0 Å². The number of benzene rings is 2. The summed E-state index contributed by atoms with van der Waals surface area (Å²) in [5.41, 5.74) is 0.395. The zero-order valence-electron chi connectivity index (χ0n) is 19.9. The molecule has 12 heteroatoms. The van der Waals surface area contributed by atoms with Crippen molar-refractivity contribution in [3.63, 3.8) is 0 Å². The average Bonchev–Trinajstić information content (AvgIpc) is 2.89. The number of ether oxygens (including phenoxy) is 7. The molecule has 5 atom stereocenters. The van der Waals surface area contributed by atoms with Crippen LogP contribution in [0.25, 0.3) is 0 Å². The number of rotatable bonds is 7. The standard InChI is InChI=1S/C24H26O12/c1-30-13-7-10(5-6-12(13)25)23(28)34-9-15-17(26)18(27)22-21(35-15)16-11(24(29)36-22)8-14(31-2)19(32-3)20(16)33-4/h5-8,15,17-18,21-22,25-27H,9H2,1-4H3/t15-,17-,18+,21+,22-/m1/s1. The van der Waals surface area contributed by atoms with Crippen LogP contribution in [0, 0.1) is 0 Å². The van der Waals surface area contributed by atoms with Crippen LogP contribution < -0.4 is 18.9 Å². The van der Waals surface area contributed by atoms with E-state index < -0.39 is 49.1 Å². The van der Waals surface area contributed by atoms with Gasteiger partial charge in [0, 0.05) is 5.56 Å². The summed E-state index contributed by atoms with van der Waals surface area (Å²) in [7, 11) is 5.49. The zero-order valence-corrected chi connectivity index (χ0v) is 19.9. The zero-order chi connectivity index (χ0) is 26.1. The van der Waals surface area contributed by atoms with Gasteiger partial charge >= 0.3 is 11.9 Å². The first-order valence-electron chi connectivity index (χ1n) is 10.8. The van der Waals surface area contributed by atoms with Crippen molar-refractivity contribution in [2.75, 3.05) is 35.0 Å². The quantitative estimate of drug-likeness (QED) is 0.458. The number of aliphatic hydroxyl groups is 2. The van der Waals surface area contributed by atoms with Crippen LogP contribution in [-0.2, 0) is 14.2 Å². The molecule has 2 aliphatic rings. The lowest BCUT2D eigenvalue weighted by atomic mass is 9.86. The number of methoxy groups -OCH3 is 4. The molecule has 3 N–H and O–H groups in total. The van der Waals surface area contributed by atoms with E-state index in [9.17, 15) is 24.9 Å². The van der Waals surface area contributed by atoms with Crippen molar-refractivity contribution in [3.8, 4) is 28.7 Å². The Kier molecular flexibility index (Phi) is 7.11. The van der Waals surface area contributed by atoms with Gasteiger partial charge in [-0.05, 0) is 24.3 Å². The molecule has 2 aromatic carbocycles. The number of hydrogen-bond acceptors (Lipinski definition) is 12. The Balaban J connectivity index is 1.63. The van der Waals surface area contributed by atoms with Crippen LogP contribution in [0.5, 0.6) is 28.7 Å². The van der Waals surface area contributed by atoms with E-state index in [1.165, 1.54) is 52.7 Å². The van der Waals surface area contributed by atoms with Crippen LogP contribution in [0.1, 0.15) is 32.4 Å². The Morgan fingerprint density at radius 1 is 0.944 bits per heavy atom. The number of hydrogen-bond donors (Lipinski definition) is 3. The first kappa shape index (κ1) is 25.4. The fourth-order valence-electron chi connectivity index (χ4n) is 4.30. The first-order chi connectivity index (χ1) is 17.2. The molecule has 2 aromatic rings. The van der Waals surface area contributed by atoms with Gasteiger partial charge in [0.2, 0.25) is 5.75 Å². The van der Waals surface area contributed by atoms with E-state index in [1.807, 2.05) is 0 Å². The van der Waals surface area contributed by atoms with Crippen molar-refractivity contribution in [2.24, 2.45) is 0 Å². The first-order valence-corrected chi connectivity index (χ1v) is 10.8. The average molecular weight is 506 g/mol. The second kappa shape index (κ2) is 10.1. The van der Waals surface area contributed by atoms with Crippen molar-refractivity contribution in [2.45, 2.75) is 30.5 Å². The molecule has 2 aliphatic heterocycles. The molecule has 0 bridgehead atoms. The second-order valence-corrected chi connectivity index (χ2v) is 8.04. The highest BCUT2D eigenvalue weighted by Crippen LogP contribution is 2.50. The fourth-order valence-corrected chi connectivity index (χ4v) is 4.30. The number of aromatic hydroxyl groups is 1. The van der Waals surface area contributed by atoms with Gasteiger partial charge in [-0.25, -0.2) is 9.59 Å². The summed E-state index contributed by atoms with van der Waals surface area (Å²) in [5.74, 6) is -1.08. The minimum Gasteiger partial charge on any atom is -0.504 e. The van der Waals surface area contributed by atoms with Crippen molar-refractivity contribution in [1.82, 2.24) is 0 Å². The van der Waals surface area contributed by atoms with Gasteiger partial charge in [0.1, 0.15) is 31.0 Å². The van der Waals surface area contributed by atoms with Gasteiger partial charge in [0.15, 0.2) is 29.1 Å². The van der Waals surface area contributed by atoms with Gasteiger partial charge < -0.3 is 48.5 Å². The van der Waals surface area contributed by atoms with E-state index in [0.29, 0.717) is 0 Å². The summed E-state index contributed by atoms with van der Waals surface area (Å²) >= 11 is 0. The number of aliphatic hydroxyl groups excluding tert-OH is 2. The Labute approximate surface area is 205 Å². The lowest BCUT2D eigenvalue weighted by Gasteiger charge is -2.45. The highest BCUT2D eigenvalue weighted by atomic mass is 16.6. The summed E-state index contributed by atoms with van der Waals surface area (Å²) in [4.78, 5) is 25.3. The lowest BCUT2D eigenvalue weighted by Crippen LogP contribution is -2.58. The number of phenols is 1. The van der Waals surface area contributed by atoms with Crippen LogP contribution >= 0.6 is 0 Å². The third-order valence-corrected chi connectivity index (χ3v) is 6.10. The third-order valence-electron chi connectivity index (χ3n) is 6.10. The minimum absolute atomic E-state index is 0.0706. The van der Waals surface area contributed by atoms with Gasteiger partial charge in [-0.2, -0.15) is 0 Å². The smallest absolute Gasteiger partial charge is 0.339 e. The molecule has 0 spiro atoms. The second-order valence-electron chi connectivity index (χ2n) is 8.04. The molecule has 1 fully saturated rings. The lowest BCUT2D eigenvalue weighted by molar-refractivity contribution is -0.235. The van der Waals surface area contributed by atoms with Gasteiger partial charge in [0.25, 0.3) is 0 Å². The molecule has 12 nitrogen and oxygen atoms in total. The molecular weight excluding hydrogens is 480 g/mol. The summed E-state index contributed by atoms with van der Waals surface area (Å²) in [6.07, 6.45) is -6.64. The summed E-state index contributed by atoms with van der Waals surface area (Å²) in [6, 6.07) is 5.31. The summed E-state index contributed by atoms with van der Waals surface area (Å²) in [5, 5.41) is 31.1. The van der Waals surface area contributed by atoms with E-state index >= 15 is 0 Å². The highest BCUT2D eigenvalue weighted by Gasteiger charge is 2.52. The SMILES string of the molecule is COc1cc(C(=O)OC[C@H]2O[C@H]3c4c(cc(OC)c(OC)c4OC)C(=O)O[C@@H]3[C@@H](O)[C@@H]2O)ccc1O. The molecule has 194 valence electrons. The predicted molar refractivity (Wildman–Crippen MR) is 120 cm³/mol. The van der Waals surface area contributed by atoms with Crippen LogP contribution in [0.2, 0.25) is 0 Å². The van der Waals surface area contributed by atoms with E-state index in [0.717, 1.165) is 0 Å². The molecule has 1 saturated heterocycles. The van der Waals surface area contributed by atoms with Crippen molar-refractivity contribution in [3.05, 3.63) is 41.0 Å². The Morgan fingerprint density at radius 3 is 2.28 bits per heavy atom. The molecule has 0 amide bonds. The minimum atomic E-state index is -1.56. The molecule has 0 unspecified atom stereocenters. The number of fused-ring (bicyclic) bond motifs is 3. The molecule has 0 saturated carbocycles. The number of esters is 2. The van der Waals surface area contributed by atoms with Crippen LogP contribution in [-0.4, -0.2) is 86.7 Å². The molecule has 36 heavy (non-hydrogen) atoms. The highest BCUT2D eigenvalue weighted by molar-refractivity contribution is 5.95. The molecule has 0 aromatic heterocycles. The van der Waals surface area contributed by atoms with E-state index in [4.69, 9.17) is 33.2 Å². The van der Waals surface area contributed by atoms with Crippen molar-refractivity contribution < 1.29 is 58.1 Å². The fraction of sp³-hybridized carbons (Fsp3) is 0.417. The maximum atomic E-state index is 12.7. The Morgan fingerprint density at radius 2 is 1.64 bits per heavy atom. The van der Waals surface area contributed by atoms with Crippen LogP contribution in [0.3, 0.4) is 0 Å². The number of carbonyl (C=O) groups excluding carboxylic acids is 2. The topological polar surface area (TPSA) is 159 Å². The summed E-state index contributed by atoms with van der Waals surface area (Å²) in [6.45, 7) is -0.442. The molecule has 2 heterocycles. The number of carbonyl (C=O) groups is 2. The van der Waals surface area contributed by atoms with E-state index in [1.54, 1.807) is 0 Å². The van der Waals surface area contributed by atoms with Crippen LogP contribution in [0.15, 0.2) is 24.3 Å². The maximum absolute atomic E-state index is 12.7. The van der Waals surface area contributed by atoms with Gasteiger partial charge in [-0.15, -0.1) is 0 Å². The van der Waals surface area contributed by atoms with Gasteiger partial charge in [0.05, 0.1) is 39.6 Å². The van der Waals surface area contributed by atoms with Gasteiger partial charge in [-0.3, -0.25) is 0 Å². The molecular formula is C24H26O12. The van der Waals surface area contributed by atoms with Crippen LogP contribution in [0.4, 0.5) is 0 Å². The molecule has 4 rings (SSSR count).